The number of carbonyl (C=O) groups is 2. The lowest BCUT2D eigenvalue weighted by Gasteiger charge is -2.22. The van der Waals surface area contributed by atoms with E-state index in [0.717, 1.165) is 19.1 Å². The van der Waals surface area contributed by atoms with E-state index in [1.165, 1.54) is 38.1 Å². The van der Waals surface area contributed by atoms with Crippen LogP contribution in [-0.4, -0.2) is 39.3 Å². The van der Waals surface area contributed by atoms with Gasteiger partial charge < -0.3 is 9.47 Å². The van der Waals surface area contributed by atoms with Crippen LogP contribution in [0.5, 0.6) is 0 Å². The van der Waals surface area contributed by atoms with Gasteiger partial charge in [-0.05, 0) is 25.8 Å². The van der Waals surface area contributed by atoms with E-state index in [2.05, 4.69) is 13.1 Å². The van der Waals surface area contributed by atoms with E-state index in [9.17, 15) is 9.59 Å². The zero-order chi connectivity index (χ0) is 21.8. The number of ketones is 2. The van der Waals surface area contributed by atoms with Gasteiger partial charge in [-0.1, -0.05) is 81.9 Å². The second-order valence-corrected chi connectivity index (χ2v) is 14.1. The second-order valence-electron chi connectivity index (χ2n) is 9.01. The first kappa shape index (κ1) is 24.7. The van der Waals surface area contributed by atoms with Crippen molar-refractivity contribution in [2.45, 2.75) is 77.4 Å². The molecule has 0 amide bonds. The minimum absolute atomic E-state index is 0.0298. The summed E-state index contributed by atoms with van der Waals surface area (Å²) in [6.45, 7) is 7.91. The SMILES string of the molecule is CCOCOC[Si](C)(C)CCCCCCCCCC1=CC(=O)c2ccccc2C1=O. The predicted molar refractivity (Wildman–Crippen MR) is 125 cm³/mol. The van der Waals surface area contributed by atoms with Crippen molar-refractivity contribution in [3.63, 3.8) is 0 Å². The summed E-state index contributed by atoms with van der Waals surface area (Å²) in [7, 11) is -1.26. The topological polar surface area (TPSA) is 52.6 Å². The van der Waals surface area contributed by atoms with E-state index in [-0.39, 0.29) is 11.6 Å². The molecule has 0 bridgehead atoms. The molecule has 0 atom stereocenters. The average molecular weight is 431 g/mol. The molecule has 0 spiro atoms. The van der Waals surface area contributed by atoms with Crippen LogP contribution >= 0.6 is 0 Å². The Balaban J connectivity index is 1.53. The minimum Gasteiger partial charge on any atom is -0.359 e. The molecule has 5 heteroatoms. The Kier molecular flexibility index (Phi) is 10.7. The molecule has 4 nitrogen and oxygen atoms in total. The molecule has 0 saturated heterocycles. The van der Waals surface area contributed by atoms with E-state index < -0.39 is 8.07 Å². The summed E-state index contributed by atoms with van der Waals surface area (Å²) in [6.07, 6.45) is 11.5. The van der Waals surface area contributed by atoms with E-state index in [4.69, 9.17) is 9.47 Å². The van der Waals surface area contributed by atoms with Crippen molar-refractivity contribution in [2.24, 2.45) is 0 Å². The van der Waals surface area contributed by atoms with Crippen LogP contribution in [0.25, 0.3) is 0 Å². The van der Waals surface area contributed by atoms with E-state index >= 15 is 0 Å². The van der Waals surface area contributed by atoms with Gasteiger partial charge in [0, 0.05) is 29.5 Å². The summed E-state index contributed by atoms with van der Waals surface area (Å²) in [5.74, 6) is -0.00261. The summed E-state index contributed by atoms with van der Waals surface area (Å²) in [5, 5.41) is 0. The number of hydrogen-bond acceptors (Lipinski definition) is 4. The average Bonchev–Trinajstić information content (AvgIpc) is 2.73. The van der Waals surface area contributed by atoms with Gasteiger partial charge in [0.05, 0.1) is 8.07 Å². The van der Waals surface area contributed by atoms with E-state index in [1.807, 2.05) is 19.1 Å². The molecule has 30 heavy (non-hydrogen) atoms. The molecule has 1 aromatic rings. The van der Waals surface area contributed by atoms with Gasteiger partial charge >= 0.3 is 0 Å². The first-order valence-corrected chi connectivity index (χ1v) is 14.9. The highest BCUT2D eigenvalue weighted by Gasteiger charge is 2.24. The maximum atomic E-state index is 12.5. The smallest absolute Gasteiger partial charge is 0.189 e. The first-order valence-electron chi connectivity index (χ1n) is 11.5. The number of allylic oxidation sites excluding steroid dienone is 2. The van der Waals surface area contributed by atoms with Gasteiger partial charge in [-0.15, -0.1) is 0 Å². The Bertz CT molecular complexity index is 724. The number of hydrogen-bond donors (Lipinski definition) is 0. The Hall–Kier alpha value is -1.56. The fourth-order valence-corrected chi connectivity index (χ4v) is 5.88. The fraction of sp³-hybridized carbons (Fsp3) is 0.600. The highest BCUT2D eigenvalue weighted by atomic mass is 28.3. The highest BCUT2D eigenvalue weighted by Crippen LogP contribution is 2.24. The normalized spacial score (nSPS) is 14.0. The fourth-order valence-electron chi connectivity index (χ4n) is 3.89. The molecule has 2 rings (SSSR count). The lowest BCUT2D eigenvalue weighted by Crippen LogP contribution is -2.33. The Morgan fingerprint density at radius 1 is 0.833 bits per heavy atom. The maximum absolute atomic E-state index is 12.5. The van der Waals surface area contributed by atoms with Crippen LogP contribution in [-0.2, 0) is 9.47 Å². The monoisotopic (exact) mass is 430 g/mol. The minimum atomic E-state index is -1.26. The summed E-state index contributed by atoms with van der Waals surface area (Å²) in [4.78, 5) is 24.7. The maximum Gasteiger partial charge on any atom is 0.189 e. The van der Waals surface area contributed by atoms with Crippen LogP contribution in [0.1, 0.15) is 79.0 Å². The van der Waals surface area contributed by atoms with Crippen molar-refractivity contribution in [3.8, 4) is 0 Å². The summed E-state index contributed by atoms with van der Waals surface area (Å²) in [5.41, 5.74) is 1.78. The third kappa shape index (κ3) is 8.29. The van der Waals surface area contributed by atoms with Crippen LogP contribution < -0.4 is 0 Å². The van der Waals surface area contributed by atoms with Gasteiger partial charge in [-0.25, -0.2) is 0 Å². The van der Waals surface area contributed by atoms with Gasteiger partial charge in [0.1, 0.15) is 6.79 Å². The predicted octanol–water partition coefficient (Wildman–Crippen LogP) is 6.37. The molecule has 0 N–H and O–H groups in total. The molecule has 0 heterocycles. The number of fused-ring (bicyclic) bond motifs is 1. The van der Waals surface area contributed by atoms with Crippen LogP contribution in [0, 0.1) is 0 Å². The number of benzene rings is 1. The third-order valence-corrected chi connectivity index (χ3v) is 8.39. The largest absolute Gasteiger partial charge is 0.359 e. The summed E-state index contributed by atoms with van der Waals surface area (Å²) >= 11 is 0. The molecule has 0 unspecified atom stereocenters. The Morgan fingerprint density at radius 3 is 2.17 bits per heavy atom. The summed E-state index contributed by atoms with van der Waals surface area (Å²) < 4.78 is 10.9. The lowest BCUT2D eigenvalue weighted by atomic mass is 9.87. The molecular formula is C25H38O4Si. The Labute approximate surface area is 183 Å². The number of rotatable bonds is 15. The van der Waals surface area contributed by atoms with Crippen LogP contribution in [0.4, 0.5) is 0 Å². The van der Waals surface area contributed by atoms with Crippen molar-refractivity contribution in [1.29, 1.82) is 0 Å². The molecule has 0 radical (unpaired) electrons. The molecule has 1 aliphatic carbocycles. The lowest BCUT2D eigenvalue weighted by molar-refractivity contribution is -0.0349. The second kappa shape index (κ2) is 13.0. The van der Waals surface area contributed by atoms with Crippen molar-refractivity contribution >= 4 is 19.6 Å². The molecule has 0 saturated carbocycles. The van der Waals surface area contributed by atoms with Crippen molar-refractivity contribution in [3.05, 3.63) is 47.0 Å². The Morgan fingerprint density at radius 2 is 1.47 bits per heavy atom. The molecule has 0 fully saturated rings. The third-order valence-electron chi connectivity index (χ3n) is 5.70. The van der Waals surface area contributed by atoms with Crippen LogP contribution in [0.3, 0.4) is 0 Å². The number of ether oxygens (including phenoxy) is 2. The zero-order valence-corrected chi connectivity index (χ0v) is 20.0. The van der Waals surface area contributed by atoms with Gasteiger partial charge in [0.25, 0.3) is 0 Å². The molecule has 1 aliphatic rings. The molecule has 0 aromatic heterocycles. The zero-order valence-electron chi connectivity index (χ0n) is 19.0. The molecular weight excluding hydrogens is 392 g/mol. The van der Waals surface area contributed by atoms with Crippen LogP contribution in [0.2, 0.25) is 19.1 Å². The van der Waals surface area contributed by atoms with Crippen molar-refractivity contribution < 1.29 is 19.1 Å². The molecule has 0 aliphatic heterocycles. The standard InChI is InChI=1S/C25H38O4Si/c1-4-28-19-29-20-30(2,3)17-13-9-7-5-6-8-10-14-21-18-24(26)22-15-11-12-16-23(22)25(21)27/h11-12,15-16,18H,4-10,13-14,17,19-20H2,1-3H3. The number of unbranched alkanes of at least 4 members (excludes halogenated alkanes) is 6. The van der Waals surface area contributed by atoms with Crippen molar-refractivity contribution in [2.75, 3.05) is 19.6 Å². The summed E-state index contributed by atoms with van der Waals surface area (Å²) in [6, 6.07) is 8.44. The van der Waals surface area contributed by atoms with E-state index in [0.29, 0.717) is 36.5 Å². The van der Waals surface area contributed by atoms with Gasteiger partial charge in [-0.3, -0.25) is 9.59 Å². The quantitative estimate of drug-likeness (QED) is 0.184. The van der Waals surface area contributed by atoms with Gasteiger partial charge in [0.15, 0.2) is 11.6 Å². The van der Waals surface area contributed by atoms with Crippen molar-refractivity contribution in [1.82, 2.24) is 0 Å². The van der Waals surface area contributed by atoms with Gasteiger partial charge in [0.2, 0.25) is 0 Å². The highest BCUT2D eigenvalue weighted by molar-refractivity contribution is 6.77. The number of carbonyl (C=O) groups excluding carboxylic acids is 2. The molecule has 166 valence electrons. The molecule has 1 aromatic carbocycles. The van der Waals surface area contributed by atoms with E-state index in [1.54, 1.807) is 18.2 Å². The van der Waals surface area contributed by atoms with Gasteiger partial charge in [-0.2, -0.15) is 0 Å². The first-order chi connectivity index (χ1) is 14.4. The van der Waals surface area contributed by atoms with Crippen LogP contribution in [0.15, 0.2) is 35.9 Å². The number of Topliss-reactive ketones (excluding diaryl/α,β-unsaturated/α-hetero) is 1.